The molecule has 0 amide bonds. The van der Waals surface area contributed by atoms with E-state index >= 15 is 0 Å². The van der Waals surface area contributed by atoms with Gasteiger partial charge in [0.05, 0.1) is 24.7 Å². The summed E-state index contributed by atoms with van der Waals surface area (Å²) in [6.45, 7) is 1.69. The molecule has 1 unspecified atom stereocenters. The van der Waals surface area contributed by atoms with Crippen LogP contribution in [-0.2, 0) is 5.60 Å². The van der Waals surface area contributed by atoms with Gasteiger partial charge in [0.1, 0.15) is 11.4 Å². The van der Waals surface area contributed by atoms with E-state index in [0.717, 1.165) is 0 Å². The highest BCUT2D eigenvalue weighted by molar-refractivity contribution is 6.32. The number of halogens is 1. The lowest BCUT2D eigenvalue weighted by atomic mass is 9.90. The average Bonchev–Trinajstić information content (AvgIpc) is 2.83. The van der Waals surface area contributed by atoms with E-state index in [9.17, 15) is 5.11 Å². The number of rotatable bonds is 3. The molecule has 90 valence electrons. The second kappa shape index (κ2) is 4.43. The maximum atomic E-state index is 10.5. The molecule has 4 heteroatoms. The lowest BCUT2D eigenvalue weighted by Crippen LogP contribution is -2.21. The van der Waals surface area contributed by atoms with Crippen LogP contribution in [0.1, 0.15) is 18.1 Å². The molecule has 3 nitrogen and oxygen atoms in total. The van der Waals surface area contributed by atoms with Crippen LogP contribution >= 0.6 is 11.6 Å². The first-order valence-corrected chi connectivity index (χ1v) is 5.52. The molecule has 0 aliphatic rings. The number of hydrogen-bond acceptors (Lipinski definition) is 3. The highest BCUT2D eigenvalue weighted by Crippen LogP contribution is 2.34. The topological polar surface area (TPSA) is 42.6 Å². The third-order valence-electron chi connectivity index (χ3n) is 2.80. The highest BCUT2D eigenvalue weighted by Gasteiger charge is 2.27. The van der Waals surface area contributed by atoms with E-state index < -0.39 is 5.60 Å². The minimum atomic E-state index is -1.13. The first-order valence-electron chi connectivity index (χ1n) is 5.15. The van der Waals surface area contributed by atoms with E-state index in [1.165, 1.54) is 19.6 Å². The van der Waals surface area contributed by atoms with Crippen molar-refractivity contribution in [3.63, 3.8) is 0 Å². The molecule has 1 aromatic heterocycles. The highest BCUT2D eigenvalue weighted by atomic mass is 35.5. The second-order valence-electron chi connectivity index (χ2n) is 3.93. The largest absolute Gasteiger partial charge is 0.495 e. The number of furan rings is 1. The van der Waals surface area contributed by atoms with Gasteiger partial charge in [0, 0.05) is 5.56 Å². The number of benzene rings is 1. The van der Waals surface area contributed by atoms with Gasteiger partial charge in [0.15, 0.2) is 0 Å². The molecule has 1 heterocycles. The van der Waals surface area contributed by atoms with Gasteiger partial charge in [-0.2, -0.15) is 0 Å². The zero-order valence-electron chi connectivity index (χ0n) is 9.61. The standard InChI is InChI=1S/C13H13ClO3/c1-13(15,10-5-6-17-8-10)9-3-4-11(14)12(7-9)16-2/h3-8,15H,1-2H3. The van der Waals surface area contributed by atoms with Crippen LogP contribution in [0.5, 0.6) is 5.75 Å². The molecule has 1 aromatic carbocycles. The number of ether oxygens (including phenoxy) is 1. The van der Waals surface area contributed by atoms with Crippen molar-refractivity contribution in [2.45, 2.75) is 12.5 Å². The zero-order valence-corrected chi connectivity index (χ0v) is 10.4. The lowest BCUT2D eigenvalue weighted by Gasteiger charge is -2.23. The predicted octanol–water partition coefficient (Wildman–Crippen LogP) is 3.20. The van der Waals surface area contributed by atoms with Gasteiger partial charge in [-0.05, 0) is 30.7 Å². The van der Waals surface area contributed by atoms with Crippen LogP contribution in [0.3, 0.4) is 0 Å². The molecule has 2 aromatic rings. The van der Waals surface area contributed by atoms with Crippen molar-refractivity contribution in [3.8, 4) is 5.75 Å². The van der Waals surface area contributed by atoms with Crippen LogP contribution in [0.4, 0.5) is 0 Å². The van der Waals surface area contributed by atoms with E-state index in [4.69, 9.17) is 20.8 Å². The van der Waals surface area contributed by atoms with Crippen molar-refractivity contribution in [1.82, 2.24) is 0 Å². The molecule has 0 saturated heterocycles. The van der Waals surface area contributed by atoms with E-state index in [2.05, 4.69) is 0 Å². The Bertz CT molecular complexity index is 503. The summed E-state index contributed by atoms with van der Waals surface area (Å²) in [5, 5.41) is 11.0. The third kappa shape index (κ3) is 2.16. The van der Waals surface area contributed by atoms with E-state index in [1.54, 1.807) is 31.2 Å². The SMILES string of the molecule is COc1cc(C(C)(O)c2ccoc2)ccc1Cl. The maximum absolute atomic E-state index is 10.5. The Morgan fingerprint density at radius 2 is 2.06 bits per heavy atom. The molecule has 2 rings (SSSR count). The summed E-state index contributed by atoms with van der Waals surface area (Å²) in [6, 6.07) is 6.90. The van der Waals surface area contributed by atoms with Gasteiger partial charge in [-0.25, -0.2) is 0 Å². The summed E-state index contributed by atoms with van der Waals surface area (Å²) in [5.41, 5.74) is 0.243. The van der Waals surface area contributed by atoms with E-state index in [-0.39, 0.29) is 0 Å². The monoisotopic (exact) mass is 252 g/mol. The molecule has 17 heavy (non-hydrogen) atoms. The fraction of sp³-hybridized carbons (Fsp3) is 0.231. The first-order chi connectivity index (χ1) is 8.05. The number of hydrogen-bond donors (Lipinski definition) is 1. The summed E-state index contributed by atoms with van der Waals surface area (Å²) in [6.07, 6.45) is 3.04. The van der Waals surface area contributed by atoms with Crippen molar-refractivity contribution in [1.29, 1.82) is 0 Å². The normalized spacial score (nSPS) is 14.4. The van der Waals surface area contributed by atoms with Crippen molar-refractivity contribution in [3.05, 3.63) is 52.9 Å². The molecular formula is C13H13ClO3. The Kier molecular flexibility index (Phi) is 3.13. The second-order valence-corrected chi connectivity index (χ2v) is 4.34. The Balaban J connectivity index is 2.46. The van der Waals surface area contributed by atoms with Gasteiger partial charge >= 0.3 is 0 Å². The molecule has 1 N–H and O–H groups in total. The van der Waals surface area contributed by atoms with Crippen molar-refractivity contribution >= 4 is 11.6 Å². The van der Waals surface area contributed by atoms with Crippen molar-refractivity contribution < 1.29 is 14.3 Å². The summed E-state index contributed by atoms with van der Waals surface area (Å²) >= 11 is 5.95. The van der Waals surface area contributed by atoms with Crippen LogP contribution < -0.4 is 4.74 Å². The van der Waals surface area contributed by atoms with E-state index in [1.807, 2.05) is 0 Å². The van der Waals surface area contributed by atoms with Crippen LogP contribution in [-0.4, -0.2) is 12.2 Å². The van der Waals surface area contributed by atoms with Gasteiger partial charge in [-0.15, -0.1) is 0 Å². The Morgan fingerprint density at radius 1 is 1.29 bits per heavy atom. The third-order valence-corrected chi connectivity index (χ3v) is 3.11. The minimum Gasteiger partial charge on any atom is -0.495 e. The Morgan fingerprint density at radius 3 is 2.65 bits per heavy atom. The molecule has 0 bridgehead atoms. The number of methoxy groups -OCH3 is 1. The van der Waals surface area contributed by atoms with Crippen molar-refractivity contribution in [2.24, 2.45) is 0 Å². The fourth-order valence-corrected chi connectivity index (χ4v) is 1.87. The van der Waals surface area contributed by atoms with Crippen LogP contribution in [0.2, 0.25) is 5.02 Å². The first kappa shape index (κ1) is 12.0. The molecule has 0 aliphatic carbocycles. The van der Waals surface area contributed by atoms with Gasteiger partial charge < -0.3 is 14.3 Å². The molecular weight excluding hydrogens is 240 g/mol. The quantitative estimate of drug-likeness (QED) is 0.912. The summed E-state index contributed by atoms with van der Waals surface area (Å²) in [5.74, 6) is 0.535. The fourth-order valence-electron chi connectivity index (χ4n) is 1.67. The van der Waals surface area contributed by atoms with E-state index in [0.29, 0.717) is 21.9 Å². The van der Waals surface area contributed by atoms with Crippen LogP contribution in [0.15, 0.2) is 41.2 Å². The minimum absolute atomic E-state index is 0.513. The summed E-state index contributed by atoms with van der Waals surface area (Å²) < 4.78 is 10.1. The summed E-state index contributed by atoms with van der Waals surface area (Å²) in [7, 11) is 1.54. The van der Waals surface area contributed by atoms with Gasteiger partial charge in [-0.3, -0.25) is 0 Å². The summed E-state index contributed by atoms with van der Waals surface area (Å²) in [4.78, 5) is 0. The molecule has 1 atom stereocenters. The Labute approximate surface area is 105 Å². The van der Waals surface area contributed by atoms with Crippen LogP contribution in [0.25, 0.3) is 0 Å². The Hall–Kier alpha value is -1.45. The van der Waals surface area contributed by atoms with Gasteiger partial charge in [-0.1, -0.05) is 17.7 Å². The van der Waals surface area contributed by atoms with Gasteiger partial charge in [0.2, 0.25) is 0 Å². The molecule has 0 radical (unpaired) electrons. The lowest BCUT2D eigenvalue weighted by molar-refractivity contribution is 0.101. The van der Waals surface area contributed by atoms with Crippen LogP contribution in [0, 0.1) is 0 Å². The maximum Gasteiger partial charge on any atom is 0.137 e. The average molecular weight is 253 g/mol. The molecule has 0 saturated carbocycles. The molecule has 0 spiro atoms. The number of aliphatic hydroxyl groups is 1. The van der Waals surface area contributed by atoms with Crippen molar-refractivity contribution in [2.75, 3.05) is 7.11 Å². The zero-order chi connectivity index (χ0) is 12.5. The predicted molar refractivity (Wildman–Crippen MR) is 65.4 cm³/mol. The van der Waals surface area contributed by atoms with Gasteiger partial charge in [0.25, 0.3) is 0 Å². The smallest absolute Gasteiger partial charge is 0.137 e. The molecule has 0 aliphatic heterocycles. The molecule has 0 fully saturated rings.